The second kappa shape index (κ2) is 6.00. The molecule has 0 saturated heterocycles. The summed E-state index contributed by atoms with van der Waals surface area (Å²) in [5.41, 5.74) is 0.0599. The van der Waals surface area contributed by atoms with E-state index < -0.39 is 30.3 Å². The summed E-state index contributed by atoms with van der Waals surface area (Å²) in [6.45, 7) is 0. The molecule has 0 fully saturated rings. The molecule has 3 N–H and O–H groups in total. The number of carbonyl (C=O) groups excluding carboxylic acids is 1. The molecule has 0 aliphatic rings. The van der Waals surface area contributed by atoms with Crippen molar-refractivity contribution in [2.24, 2.45) is 0 Å². The van der Waals surface area contributed by atoms with Crippen molar-refractivity contribution in [3.8, 4) is 0 Å². The second-order valence-corrected chi connectivity index (χ2v) is 4.34. The molecule has 1 amide bonds. The monoisotopic (exact) mass is 288 g/mol. The van der Waals surface area contributed by atoms with Crippen LogP contribution in [0.4, 0.5) is 0 Å². The summed E-state index contributed by atoms with van der Waals surface area (Å²) in [6.07, 6.45) is 0.732. The lowest BCUT2D eigenvalue weighted by atomic mass is 10.1. The van der Waals surface area contributed by atoms with Gasteiger partial charge in [-0.3, -0.25) is 14.6 Å². The van der Waals surface area contributed by atoms with Gasteiger partial charge in [-0.15, -0.1) is 0 Å². The van der Waals surface area contributed by atoms with Gasteiger partial charge in [0.05, 0.1) is 6.42 Å². The Labute approximate surface area is 119 Å². The number of hydrogen-bond acceptors (Lipinski definition) is 4. The number of amides is 1. The van der Waals surface area contributed by atoms with Crippen molar-refractivity contribution in [2.45, 2.75) is 12.5 Å². The number of carboxylic acid groups (broad SMARTS) is 2. The molecule has 1 heterocycles. The first-order valence-corrected chi connectivity index (χ1v) is 6.08. The van der Waals surface area contributed by atoms with E-state index in [1.54, 1.807) is 30.3 Å². The lowest BCUT2D eigenvalue weighted by Crippen LogP contribution is -2.42. The van der Waals surface area contributed by atoms with Crippen LogP contribution in [-0.2, 0) is 9.59 Å². The molecule has 0 bridgehead atoms. The summed E-state index contributed by atoms with van der Waals surface area (Å²) in [5, 5.41) is 21.1. The van der Waals surface area contributed by atoms with Crippen LogP contribution in [0.2, 0.25) is 0 Å². The van der Waals surface area contributed by atoms with Crippen molar-refractivity contribution < 1.29 is 24.6 Å². The van der Waals surface area contributed by atoms with Gasteiger partial charge in [-0.25, -0.2) is 4.79 Å². The molecule has 2 aromatic rings. The van der Waals surface area contributed by atoms with Gasteiger partial charge in [0.1, 0.15) is 11.7 Å². The molecule has 0 saturated carbocycles. The molecule has 7 nitrogen and oxygen atoms in total. The highest BCUT2D eigenvalue weighted by Gasteiger charge is 2.24. The average molecular weight is 288 g/mol. The molecule has 0 aliphatic carbocycles. The normalized spacial score (nSPS) is 11.8. The first-order valence-electron chi connectivity index (χ1n) is 6.08. The number of benzene rings is 1. The number of nitrogens with zero attached hydrogens (tertiary/aromatic N) is 1. The van der Waals surface area contributed by atoms with Crippen molar-refractivity contribution in [3.05, 3.63) is 42.2 Å². The third-order valence-corrected chi connectivity index (χ3v) is 2.87. The van der Waals surface area contributed by atoms with Crippen LogP contribution in [-0.4, -0.2) is 39.1 Å². The van der Waals surface area contributed by atoms with E-state index in [9.17, 15) is 14.4 Å². The molecule has 1 unspecified atom stereocenters. The van der Waals surface area contributed by atoms with E-state index in [0.29, 0.717) is 5.39 Å². The summed E-state index contributed by atoms with van der Waals surface area (Å²) >= 11 is 0. The molecule has 1 aromatic heterocycles. The third-order valence-electron chi connectivity index (χ3n) is 2.87. The van der Waals surface area contributed by atoms with Crippen molar-refractivity contribution >= 4 is 28.6 Å². The molecular formula is C14H12N2O5. The van der Waals surface area contributed by atoms with Crippen molar-refractivity contribution in [2.75, 3.05) is 0 Å². The van der Waals surface area contributed by atoms with Crippen LogP contribution < -0.4 is 5.32 Å². The van der Waals surface area contributed by atoms with Gasteiger partial charge in [0, 0.05) is 11.6 Å². The van der Waals surface area contributed by atoms with E-state index in [2.05, 4.69) is 10.3 Å². The van der Waals surface area contributed by atoms with E-state index in [-0.39, 0.29) is 5.69 Å². The fourth-order valence-electron chi connectivity index (χ4n) is 1.90. The Balaban J connectivity index is 2.29. The topological polar surface area (TPSA) is 117 Å². The zero-order valence-electron chi connectivity index (χ0n) is 10.8. The van der Waals surface area contributed by atoms with Gasteiger partial charge in [-0.2, -0.15) is 0 Å². The van der Waals surface area contributed by atoms with Gasteiger partial charge in [0.25, 0.3) is 5.91 Å². The van der Waals surface area contributed by atoms with E-state index >= 15 is 0 Å². The number of nitrogens with one attached hydrogen (secondary N) is 1. The number of aromatic nitrogens is 1. The fraction of sp³-hybridized carbons (Fsp3) is 0.143. The molecule has 1 atom stereocenters. The van der Waals surface area contributed by atoms with Gasteiger partial charge >= 0.3 is 11.9 Å². The van der Waals surface area contributed by atoms with Crippen molar-refractivity contribution in [1.82, 2.24) is 10.3 Å². The van der Waals surface area contributed by atoms with Gasteiger partial charge < -0.3 is 15.5 Å². The number of aliphatic carboxylic acids is 2. The minimum absolute atomic E-state index is 0.0599. The smallest absolute Gasteiger partial charge is 0.326 e. The van der Waals surface area contributed by atoms with Gasteiger partial charge in [0.15, 0.2) is 0 Å². The molecule has 0 spiro atoms. The standard InChI is InChI=1S/C14H12N2O5/c17-11(18)7-10(14(20)21)16-13(19)12-9-4-2-1-3-8(9)5-6-15-12/h1-6,10H,7H2,(H,16,19)(H,17,18)(H,20,21). The third kappa shape index (κ3) is 3.33. The van der Waals surface area contributed by atoms with Crippen LogP contribution in [0.3, 0.4) is 0 Å². The summed E-state index contributed by atoms with van der Waals surface area (Å²) in [5.74, 6) is -3.44. The van der Waals surface area contributed by atoms with Gasteiger partial charge in [-0.05, 0) is 11.5 Å². The molecule has 0 radical (unpaired) electrons. The number of rotatable bonds is 5. The zero-order valence-corrected chi connectivity index (χ0v) is 10.8. The lowest BCUT2D eigenvalue weighted by Gasteiger charge is -2.12. The number of pyridine rings is 1. The minimum atomic E-state index is -1.50. The fourth-order valence-corrected chi connectivity index (χ4v) is 1.90. The predicted molar refractivity (Wildman–Crippen MR) is 72.9 cm³/mol. The Hall–Kier alpha value is -2.96. The molecule has 1 aromatic carbocycles. The summed E-state index contributed by atoms with van der Waals surface area (Å²) in [6, 6.07) is 7.22. The van der Waals surface area contributed by atoms with Gasteiger partial charge in [-0.1, -0.05) is 24.3 Å². The van der Waals surface area contributed by atoms with Crippen LogP contribution in [0, 0.1) is 0 Å². The summed E-state index contributed by atoms with van der Waals surface area (Å²) < 4.78 is 0. The Morgan fingerprint density at radius 1 is 1.14 bits per heavy atom. The van der Waals surface area contributed by atoms with E-state index in [1.165, 1.54) is 6.20 Å². The number of fused-ring (bicyclic) bond motifs is 1. The predicted octanol–water partition coefficient (Wildman–Crippen LogP) is 0.892. The number of hydrogen-bond donors (Lipinski definition) is 3. The lowest BCUT2D eigenvalue weighted by molar-refractivity contribution is -0.145. The highest BCUT2D eigenvalue weighted by atomic mass is 16.4. The van der Waals surface area contributed by atoms with Crippen LogP contribution in [0.5, 0.6) is 0 Å². The largest absolute Gasteiger partial charge is 0.481 e. The first kappa shape index (κ1) is 14.4. The molecule has 108 valence electrons. The maximum atomic E-state index is 12.1. The van der Waals surface area contributed by atoms with Crippen LogP contribution >= 0.6 is 0 Å². The maximum absolute atomic E-state index is 12.1. The molecule has 21 heavy (non-hydrogen) atoms. The van der Waals surface area contributed by atoms with Crippen molar-refractivity contribution in [3.63, 3.8) is 0 Å². The highest BCUT2D eigenvalue weighted by Crippen LogP contribution is 2.16. The zero-order chi connectivity index (χ0) is 15.4. The Morgan fingerprint density at radius 2 is 1.86 bits per heavy atom. The number of carbonyl (C=O) groups is 3. The van der Waals surface area contributed by atoms with E-state index in [1.807, 2.05) is 0 Å². The molecular weight excluding hydrogens is 276 g/mol. The molecule has 0 aliphatic heterocycles. The summed E-state index contributed by atoms with van der Waals surface area (Å²) in [4.78, 5) is 37.7. The Kier molecular flexibility index (Phi) is 4.13. The van der Waals surface area contributed by atoms with Crippen LogP contribution in [0.1, 0.15) is 16.9 Å². The average Bonchev–Trinajstić information content (AvgIpc) is 2.45. The number of carboxylic acids is 2. The Bertz CT molecular complexity index is 708. The summed E-state index contributed by atoms with van der Waals surface area (Å²) in [7, 11) is 0. The van der Waals surface area contributed by atoms with Crippen molar-refractivity contribution in [1.29, 1.82) is 0 Å². The Morgan fingerprint density at radius 3 is 2.52 bits per heavy atom. The quantitative estimate of drug-likeness (QED) is 0.752. The van der Waals surface area contributed by atoms with E-state index in [0.717, 1.165) is 5.39 Å². The minimum Gasteiger partial charge on any atom is -0.481 e. The second-order valence-electron chi connectivity index (χ2n) is 4.34. The molecule has 7 heteroatoms. The SMILES string of the molecule is O=C(O)CC(NC(=O)c1nccc2ccccc12)C(=O)O. The molecule has 2 rings (SSSR count). The first-order chi connectivity index (χ1) is 9.99. The van der Waals surface area contributed by atoms with E-state index in [4.69, 9.17) is 10.2 Å². The maximum Gasteiger partial charge on any atom is 0.326 e. The van der Waals surface area contributed by atoms with Gasteiger partial charge in [0.2, 0.25) is 0 Å². The highest BCUT2D eigenvalue weighted by molar-refractivity contribution is 6.06. The van der Waals surface area contributed by atoms with Crippen LogP contribution in [0.25, 0.3) is 10.8 Å². The van der Waals surface area contributed by atoms with Crippen LogP contribution in [0.15, 0.2) is 36.5 Å².